The van der Waals surface area contributed by atoms with Crippen LogP contribution in [0.2, 0.25) is 0 Å². The molecule has 0 spiro atoms. The number of ether oxygens (including phenoxy) is 1. The Kier molecular flexibility index (Phi) is 5.95. The monoisotopic (exact) mass is 275 g/mol. The van der Waals surface area contributed by atoms with E-state index in [9.17, 15) is 14.7 Å². The van der Waals surface area contributed by atoms with E-state index in [2.05, 4.69) is 5.32 Å². The van der Waals surface area contributed by atoms with Crippen LogP contribution in [0.5, 0.6) is 0 Å². The van der Waals surface area contributed by atoms with Gasteiger partial charge in [0, 0.05) is 12.4 Å². The van der Waals surface area contributed by atoms with Gasteiger partial charge in [-0.1, -0.05) is 13.3 Å². The van der Waals surface area contributed by atoms with E-state index in [1.54, 1.807) is 18.7 Å². The van der Waals surface area contributed by atoms with Crippen molar-refractivity contribution in [2.45, 2.75) is 44.8 Å². The Morgan fingerprint density at radius 3 is 2.78 bits per heavy atom. The lowest BCUT2D eigenvalue weighted by molar-refractivity contribution is -0.148. The second-order valence-corrected chi connectivity index (χ2v) is 5.65. The summed E-state index contributed by atoms with van der Waals surface area (Å²) in [7, 11) is 0. The predicted octanol–water partition coefficient (Wildman–Crippen LogP) is 1.27. The molecule has 0 aromatic carbocycles. The van der Waals surface area contributed by atoms with Gasteiger partial charge >= 0.3 is 5.97 Å². The summed E-state index contributed by atoms with van der Waals surface area (Å²) >= 11 is 1.55. The van der Waals surface area contributed by atoms with E-state index >= 15 is 0 Å². The summed E-state index contributed by atoms with van der Waals surface area (Å²) in [4.78, 5) is 23.2. The number of carboxylic acids is 1. The molecule has 0 aromatic rings. The van der Waals surface area contributed by atoms with Crippen LogP contribution in [0.3, 0.4) is 0 Å². The first-order valence-electron chi connectivity index (χ1n) is 6.26. The molecule has 104 valence electrons. The number of aliphatic carboxylic acids is 1. The molecule has 0 bridgehead atoms. The minimum absolute atomic E-state index is 0.337. The van der Waals surface area contributed by atoms with Crippen molar-refractivity contribution in [1.82, 2.24) is 5.32 Å². The molecule has 1 aliphatic rings. The van der Waals surface area contributed by atoms with Gasteiger partial charge in [-0.3, -0.25) is 4.79 Å². The highest BCUT2D eigenvalue weighted by Crippen LogP contribution is 2.28. The molecule has 5 nitrogen and oxygen atoms in total. The molecule has 1 amide bonds. The van der Waals surface area contributed by atoms with Crippen LogP contribution < -0.4 is 5.32 Å². The predicted molar refractivity (Wildman–Crippen MR) is 70.8 cm³/mol. The van der Waals surface area contributed by atoms with Crippen LogP contribution in [0, 0.1) is 0 Å². The van der Waals surface area contributed by atoms with E-state index in [-0.39, 0.29) is 5.91 Å². The summed E-state index contributed by atoms with van der Waals surface area (Å²) in [6.07, 6.45) is 1.78. The summed E-state index contributed by atoms with van der Waals surface area (Å²) in [5.74, 6) is -0.106. The fourth-order valence-electron chi connectivity index (χ4n) is 1.70. The zero-order chi connectivity index (χ0) is 13.6. The molecule has 2 N–H and O–H groups in total. The summed E-state index contributed by atoms with van der Waals surface area (Å²) in [6, 6.07) is 0. The first kappa shape index (κ1) is 15.3. The molecular formula is C12H21NO4S. The number of hydrogen-bond donors (Lipinski definition) is 2. The molecule has 2 atom stereocenters. The number of rotatable bonds is 7. The van der Waals surface area contributed by atoms with E-state index in [1.165, 1.54) is 0 Å². The number of amides is 1. The number of carboxylic acid groups (broad SMARTS) is 1. The summed E-state index contributed by atoms with van der Waals surface area (Å²) in [5, 5.41) is 11.9. The molecule has 1 aliphatic heterocycles. The molecule has 1 rings (SSSR count). The smallest absolute Gasteiger partial charge is 0.330 e. The van der Waals surface area contributed by atoms with Gasteiger partial charge in [0.2, 0.25) is 5.91 Å². The molecule has 0 radical (unpaired) electrons. The van der Waals surface area contributed by atoms with Crippen molar-refractivity contribution in [2.75, 3.05) is 18.1 Å². The number of carbonyl (C=O) groups is 2. The Hall–Kier alpha value is -0.750. The Bertz CT molecular complexity index is 302. The third kappa shape index (κ3) is 3.88. The summed E-state index contributed by atoms with van der Waals surface area (Å²) in [5.41, 5.74) is -1.11. The van der Waals surface area contributed by atoms with E-state index in [0.29, 0.717) is 18.8 Å². The minimum atomic E-state index is -1.11. The lowest BCUT2D eigenvalue weighted by Gasteiger charge is -2.26. The van der Waals surface area contributed by atoms with Gasteiger partial charge in [-0.05, 0) is 25.5 Å². The fraction of sp³-hybridized carbons (Fsp3) is 0.833. The van der Waals surface area contributed by atoms with Gasteiger partial charge in [-0.15, -0.1) is 0 Å². The van der Waals surface area contributed by atoms with Gasteiger partial charge in [-0.25, -0.2) is 4.79 Å². The van der Waals surface area contributed by atoms with Crippen molar-refractivity contribution in [3.63, 3.8) is 0 Å². The summed E-state index contributed by atoms with van der Waals surface area (Å²) < 4.78 is 5.37. The van der Waals surface area contributed by atoms with Crippen LogP contribution in [0.4, 0.5) is 0 Å². The van der Waals surface area contributed by atoms with Gasteiger partial charge < -0.3 is 15.2 Å². The Morgan fingerprint density at radius 1 is 1.56 bits per heavy atom. The van der Waals surface area contributed by atoms with Crippen molar-refractivity contribution in [2.24, 2.45) is 0 Å². The molecular weight excluding hydrogens is 254 g/mol. The highest BCUT2D eigenvalue weighted by Gasteiger charge is 2.43. The molecule has 0 aliphatic carbocycles. The van der Waals surface area contributed by atoms with Crippen molar-refractivity contribution in [3.8, 4) is 0 Å². The molecule has 1 fully saturated rings. The van der Waals surface area contributed by atoms with Crippen LogP contribution in [0.25, 0.3) is 0 Å². The van der Waals surface area contributed by atoms with Crippen molar-refractivity contribution >= 4 is 23.6 Å². The molecule has 6 heteroatoms. The Balaban J connectivity index is 2.49. The van der Waals surface area contributed by atoms with Gasteiger partial charge in [0.25, 0.3) is 0 Å². The maximum Gasteiger partial charge on any atom is 0.330 e. The SMILES string of the molecule is CCCCOC(C)C(=O)NC1(C(=O)O)CCSC1. The average molecular weight is 275 g/mol. The molecule has 2 unspecified atom stereocenters. The Morgan fingerprint density at radius 2 is 2.28 bits per heavy atom. The summed E-state index contributed by atoms with van der Waals surface area (Å²) in [6.45, 7) is 4.23. The molecule has 1 heterocycles. The minimum Gasteiger partial charge on any atom is -0.479 e. The van der Waals surface area contributed by atoms with Gasteiger partial charge in [0.15, 0.2) is 0 Å². The second kappa shape index (κ2) is 6.99. The topological polar surface area (TPSA) is 75.6 Å². The highest BCUT2D eigenvalue weighted by atomic mass is 32.2. The van der Waals surface area contributed by atoms with E-state index in [0.717, 1.165) is 18.6 Å². The number of carbonyl (C=O) groups excluding carboxylic acids is 1. The van der Waals surface area contributed by atoms with Crippen LogP contribution in [0.15, 0.2) is 0 Å². The van der Waals surface area contributed by atoms with Gasteiger partial charge in [0.1, 0.15) is 11.6 Å². The molecule has 0 saturated carbocycles. The first-order valence-corrected chi connectivity index (χ1v) is 7.42. The third-order valence-corrected chi connectivity index (χ3v) is 4.22. The maximum absolute atomic E-state index is 11.9. The van der Waals surface area contributed by atoms with Crippen LogP contribution in [-0.4, -0.2) is 46.7 Å². The normalized spacial score (nSPS) is 24.8. The van der Waals surface area contributed by atoms with Gasteiger partial charge in [0.05, 0.1) is 0 Å². The first-order chi connectivity index (χ1) is 8.52. The quantitative estimate of drug-likeness (QED) is 0.684. The van der Waals surface area contributed by atoms with Gasteiger partial charge in [-0.2, -0.15) is 11.8 Å². The van der Waals surface area contributed by atoms with Crippen LogP contribution >= 0.6 is 11.8 Å². The fourth-order valence-corrected chi connectivity index (χ4v) is 3.03. The zero-order valence-corrected chi connectivity index (χ0v) is 11.7. The number of thioether (sulfide) groups is 1. The number of hydrogen-bond acceptors (Lipinski definition) is 4. The third-order valence-electron chi connectivity index (χ3n) is 3.03. The lowest BCUT2D eigenvalue weighted by atomic mass is 9.99. The zero-order valence-electron chi connectivity index (χ0n) is 10.9. The largest absolute Gasteiger partial charge is 0.479 e. The molecule has 18 heavy (non-hydrogen) atoms. The molecule has 1 saturated heterocycles. The van der Waals surface area contributed by atoms with Crippen LogP contribution in [0.1, 0.15) is 33.1 Å². The Labute approximate surface area is 112 Å². The lowest BCUT2D eigenvalue weighted by Crippen LogP contribution is -2.57. The highest BCUT2D eigenvalue weighted by molar-refractivity contribution is 7.99. The van der Waals surface area contributed by atoms with E-state index in [1.807, 2.05) is 6.92 Å². The average Bonchev–Trinajstić information content (AvgIpc) is 2.79. The van der Waals surface area contributed by atoms with Crippen molar-refractivity contribution in [3.05, 3.63) is 0 Å². The second-order valence-electron chi connectivity index (χ2n) is 4.55. The molecule has 0 aromatic heterocycles. The van der Waals surface area contributed by atoms with Crippen molar-refractivity contribution in [1.29, 1.82) is 0 Å². The van der Waals surface area contributed by atoms with Crippen molar-refractivity contribution < 1.29 is 19.4 Å². The number of nitrogens with one attached hydrogen (secondary N) is 1. The van der Waals surface area contributed by atoms with Crippen LogP contribution in [-0.2, 0) is 14.3 Å². The standard InChI is InChI=1S/C12H21NO4S/c1-3-4-6-17-9(2)10(14)13-12(11(15)16)5-7-18-8-12/h9H,3-8H2,1-2H3,(H,13,14)(H,15,16). The van der Waals surface area contributed by atoms with E-state index < -0.39 is 17.6 Å². The number of unbranched alkanes of at least 4 members (excludes halogenated alkanes) is 1. The van der Waals surface area contributed by atoms with E-state index in [4.69, 9.17) is 4.74 Å². The maximum atomic E-state index is 11.9.